The van der Waals surface area contributed by atoms with Gasteiger partial charge in [-0.05, 0) is 52.4 Å². The van der Waals surface area contributed by atoms with Gasteiger partial charge in [-0.2, -0.15) is 0 Å². The van der Waals surface area contributed by atoms with Crippen molar-refractivity contribution in [1.29, 1.82) is 0 Å². The Labute approximate surface area is 147 Å². The largest absolute Gasteiger partial charge is 0.395 e. The van der Waals surface area contributed by atoms with Gasteiger partial charge in [-0.25, -0.2) is 4.98 Å². The van der Waals surface area contributed by atoms with Gasteiger partial charge < -0.3 is 5.11 Å². The molecule has 3 rings (SSSR count). The van der Waals surface area contributed by atoms with E-state index in [9.17, 15) is 9.90 Å². The summed E-state index contributed by atoms with van der Waals surface area (Å²) < 4.78 is 2.50. The summed E-state index contributed by atoms with van der Waals surface area (Å²) in [6, 6.07) is 15.4. The Balaban J connectivity index is 2.15. The Hall–Kier alpha value is -1.99. The maximum Gasteiger partial charge on any atom is 0.261 e. The fraction of sp³-hybridized carbons (Fsp3) is 0.111. The van der Waals surface area contributed by atoms with Gasteiger partial charge in [0.25, 0.3) is 5.56 Å². The second kappa shape index (κ2) is 7.06. The third kappa shape index (κ3) is 3.51. The van der Waals surface area contributed by atoms with Crippen molar-refractivity contribution in [3.8, 4) is 0 Å². The minimum atomic E-state index is -0.129. The zero-order chi connectivity index (χ0) is 16.2. The van der Waals surface area contributed by atoms with Crippen molar-refractivity contribution in [2.24, 2.45) is 0 Å². The van der Waals surface area contributed by atoms with Crippen LogP contribution in [0.4, 0.5) is 0 Å². The van der Waals surface area contributed by atoms with E-state index in [0.29, 0.717) is 16.7 Å². The lowest BCUT2D eigenvalue weighted by Gasteiger charge is -2.10. The number of rotatable bonds is 4. The van der Waals surface area contributed by atoms with E-state index in [1.807, 2.05) is 60.7 Å². The van der Waals surface area contributed by atoms with Gasteiger partial charge in [-0.15, -0.1) is 0 Å². The van der Waals surface area contributed by atoms with Crippen LogP contribution < -0.4 is 5.56 Å². The highest BCUT2D eigenvalue weighted by Gasteiger charge is 2.09. The molecular weight excluding hydrogens is 403 g/mol. The van der Waals surface area contributed by atoms with Crippen LogP contribution in [0, 0.1) is 3.57 Å². The van der Waals surface area contributed by atoms with Crippen molar-refractivity contribution in [3.05, 3.63) is 73.8 Å². The normalized spacial score (nSPS) is 11.4. The van der Waals surface area contributed by atoms with E-state index in [1.165, 1.54) is 4.57 Å². The Kier molecular flexibility index (Phi) is 4.88. The number of aliphatic hydroxyl groups is 1. The van der Waals surface area contributed by atoms with Gasteiger partial charge in [0.05, 0.1) is 24.1 Å². The molecule has 0 saturated heterocycles. The Morgan fingerprint density at radius 1 is 1.13 bits per heavy atom. The van der Waals surface area contributed by atoms with Crippen molar-refractivity contribution in [2.45, 2.75) is 6.54 Å². The summed E-state index contributed by atoms with van der Waals surface area (Å²) in [5.74, 6) is 0.543. The van der Waals surface area contributed by atoms with Gasteiger partial charge in [0.1, 0.15) is 5.82 Å². The van der Waals surface area contributed by atoms with E-state index in [2.05, 4.69) is 27.6 Å². The lowest BCUT2D eigenvalue weighted by molar-refractivity contribution is 0.273. The molecular formula is C18H15IN2O2. The highest BCUT2D eigenvalue weighted by atomic mass is 127. The molecule has 0 amide bonds. The first kappa shape index (κ1) is 15.9. The van der Waals surface area contributed by atoms with Gasteiger partial charge in [-0.3, -0.25) is 9.36 Å². The molecule has 2 aromatic carbocycles. The molecule has 0 bridgehead atoms. The summed E-state index contributed by atoms with van der Waals surface area (Å²) in [5, 5.41) is 9.84. The van der Waals surface area contributed by atoms with E-state index in [4.69, 9.17) is 0 Å². The molecule has 0 spiro atoms. The van der Waals surface area contributed by atoms with E-state index >= 15 is 0 Å². The topological polar surface area (TPSA) is 55.1 Å². The average Bonchev–Trinajstić information content (AvgIpc) is 2.57. The van der Waals surface area contributed by atoms with E-state index in [1.54, 1.807) is 0 Å². The third-order valence-corrected chi connectivity index (χ3v) is 4.16. The van der Waals surface area contributed by atoms with Gasteiger partial charge in [0.2, 0.25) is 0 Å². The van der Waals surface area contributed by atoms with Crippen LogP contribution in [0.3, 0.4) is 0 Å². The molecule has 4 nitrogen and oxygen atoms in total. The molecule has 0 radical (unpaired) electrons. The van der Waals surface area contributed by atoms with E-state index in [-0.39, 0.29) is 18.7 Å². The molecule has 116 valence electrons. The lowest BCUT2D eigenvalue weighted by atomic mass is 10.2. The van der Waals surface area contributed by atoms with Crippen LogP contribution in [0.2, 0.25) is 0 Å². The second-order valence-electron chi connectivity index (χ2n) is 5.06. The number of hydrogen-bond acceptors (Lipinski definition) is 3. The molecule has 0 saturated carbocycles. The molecule has 1 aromatic heterocycles. The predicted octanol–water partition coefficient (Wildman–Crippen LogP) is 3.16. The van der Waals surface area contributed by atoms with Crippen LogP contribution in [-0.4, -0.2) is 21.3 Å². The van der Waals surface area contributed by atoms with Crippen LogP contribution in [0.5, 0.6) is 0 Å². The maximum atomic E-state index is 12.7. The van der Waals surface area contributed by atoms with Crippen molar-refractivity contribution in [1.82, 2.24) is 9.55 Å². The molecule has 0 fully saturated rings. The predicted molar refractivity (Wildman–Crippen MR) is 101 cm³/mol. The molecule has 0 aliphatic carbocycles. The number of benzene rings is 2. The van der Waals surface area contributed by atoms with Crippen LogP contribution in [0.25, 0.3) is 23.1 Å². The van der Waals surface area contributed by atoms with Gasteiger partial charge in [0.15, 0.2) is 0 Å². The zero-order valence-electron chi connectivity index (χ0n) is 12.3. The third-order valence-electron chi connectivity index (χ3n) is 3.49. The Bertz CT molecular complexity index is 917. The Morgan fingerprint density at radius 2 is 1.91 bits per heavy atom. The van der Waals surface area contributed by atoms with E-state index < -0.39 is 0 Å². The van der Waals surface area contributed by atoms with Crippen LogP contribution >= 0.6 is 22.6 Å². The van der Waals surface area contributed by atoms with Crippen LogP contribution in [0.1, 0.15) is 11.4 Å². The van der Waals surface area contributed by atoms with Crippen molar-refractivity contribution in [3.63, 3.8) is 0 Å². The summed E-state index contributed by atoms with van der Waals surface area (Å²) >= 11 is 2.17. The molecule has 23 heavy (non-hydrogen) atoms. The molecule has 0 atom stereocenters. The zero-order valence-corrected chi connectivity index (χ0v) is 14.5. The average molecular weight is 418 g/mol. The van der Waals surface area contributed by atoms with Gasteiger partial charge in [0, 0.05) is 3.57 Å². The minimum Gasteiger partial charge on any atom is -0.395 e. The molecule has 0 unspecified atom stereocenters. The highest BCUT2D eigenvalue weighted by molar-refractivity contribution is 14.1. The van der Waals surface area contributed by atoms with Gasteiger partial charge >= 0.3 is 0 Å². The first-order valence-electron chi connectivity index (χ1n) is 7.23. The summed E-state index contributed by atoms with van der Waals surface area (Å²) in [4.78, 5) is 17.2. The minimum absolute atomic E-state index is 0.108. The molecule has 3 aromatic rings. The van der Waals surface area contributed by atoms with Crippen molar-refractivity contribution < 1.29 is 5.11 Å². The monoisotopic (exact) mass is 418 g/mol. The maximum absolute atomic E-state index is 12.7. The highest BCUT2D eigenvalue weighted by Crippen LogP contribution is 2.14. The van der Waals surface area contributed by atoms with E-state index in [0.717, 1.165) is 9.13 Å². The number of hydrogen-bond donors (Lipinski definition) is 1. The lowest BCUT2D eigenvalue weighted by Crippen LogP contribution is -2.25. The first-order valence-corrected chi connectivity index (χ1v) is 8.31. The van der Waals surface area contributed by atoms with Gasteiger partial charge in [-0.1, -0.05) is 36.4 Å². The van der Waals surface area contributed by atoms with Crippen LogP contribution in [0.15, 0.2) is 53.3 Å². The fourth-order valence-electron chi connectivity index (χ4n) is 2.39. The number of fused-ring (bicyclic) bond motifs is 1. The molecule has 1 N–H and O–H groups in total. The quantitative estimate of drug-likeness (QED) is 0.663. The summed E-state index contributed by atoms with van der Waals surface area (Å²) in [6.45, 7) is 0.116. The molecule has 1 heterocycles. The summed E-state index contributed by atoms with van der Waals surface area (Å²) in [6.07, 6.45) is 3.72. The SMILES string of the molecule is O=c1c2cc(I)ccc2nc(/C=C/c2ccccc2)n1CCO. The second-order valence-corrected chi connectivity index (χ2v) is 6.30. The fourth-order valence-corrected chi connectivity index (χ4v) is 2.88. The Morgan fingerprint density at radius 3 is 2.65 bits per heavy atom. The first-order chi connectivity index (χ1) is 11.2. The molecule has 5 heteroatoms. The summed E-state index contributed by atoms with van der Waals surface area (Å²) in [7, 11) is 0. The van der Waals surface area contributed by atoms with Crippen molar-refractivity contribution in [2.75, 3.05) is 6.61 Å². The number of halogens is 1. The molecule has 0 aliphatic rings. The smallest absolute Gasteiger partial charge is 0.261 e. The number of aliphatic hydroxyl groups excluding tert-OH is 1. The van der Waals surface area contributed by atoms with Crippen LogP contribution in [-0.2, 0) is 6.54 Å². The number of nitrogens with zero attached hydrogens (tertiary/aromatic N) is 2. The van der Waals surface area contributed by atoms with Crippen molar-refractivity contribution >= 4 is 45.6 Å². The number of aromatic nitrogens is 2. The molecule has 0 aliphatic heterocycles. The summed E-state index contributed by atoms with van der Waals surface area (Å²) in [5.41, 5.74) is 1.56. The standard InChI is InChI=1S/C18H15IN2O2/c19-14-7-8-16-15(12-14)18(23)21(10-11-22)17(20-16)9-6-13-4-2-1-3-5-13/h1-9,12,22H,10-11H2/b9-6+.